The highest BCUT2D eigenvalue weighted by Crippen LogP contribution is 2.30. The van der Waals surface area contributed by atoms with Crippen molar-refractivity contribution in [3.63, 3.8) is 0 Å². The van der Waals surface area contributed by atoms with Crippen LogP contribution in [0, 0.1) is 32.4 Å². The van der Waals surface area contributed by atoms with Gasteiger partial charge in [-0.2, -0.15) is 0 Å². The average molecular weight is 493 g/mol. The number of benzene rings is 2. The second-order valence-electron chi connectivity index (χ2n) is 9.29. The third kappa shape index (κ3) is 5.75. The van der Waals surface area contributed by atoms with Crippen LogP contribution in [0.15, 0.2) is 47.8 Å². The third-order valence-corrected chi connectivity index (χ3v) is 6.58. The SMILES string of the molecule is C/C(=N\Oc1cc(C)ccc1C)c1cnc(C)nc1C1CCN(C(=O)Cc2c(F)cccc2F)CC1. The number of carbonyl (C=O) groups is 1. The molecular weight excluding hydrogens is 462 g/mol. The molecule has 1 amide bonds. The second kappa shape index (κ2) is 10.9. The Morgan fingerprint density at radius 2 is 1.81 bits per heavy atom. The van der Waals surface area contributed by atoms with Crippen molar-refractivity contribution in [2.24, 2.45) is 5.16 Å². The van der Waals surface area contributed by atoms with E-state index < -0.39 is 11.6 Å². The number of rotatable bonds is 6. The van der Waals surface area contributed by atoms with E-state index in [4.69, 9.17) is 9.82 Å². The van der Waals surface area contributed by atoms with Crippen molar-refractivity contribution >= 4 is 11.6 Å². The van der Waals surface area contributed by atoms with Gasteiger partial charge in [0.15, 0.2) is 5.75 Å². The van der Waals surface area contributed by atoms with Gasteiger partial charge in [0.05, 0.1) is 17.8 Å². The number of nitrogens with zero attached hydrogens (tertiary/aromatic N) is 4. The van der Waals surface area contributed by atoms with Gasteiger partial charge in [0.2, 0.25) is 5.91 Å². The smallest absolute Gasteiger partial charge is 0.227 e. The van der Waals surface area contributed by atoms with E-state index in [2.05, 4.69) is 10.1 Å². The van der Waals surface area contributed by atoms with E-state index in [9.17, 15) is 13.6 Å². The highest BCUT2D eigenvalue weighted by atomic mass is 19.1. The van der Waals surface area contributed by atoms with Crippen LogP contribution in [-0.2, 0) is 11.2 Å². The lowest BCUT2D eigenvalue weighted by Gasteiger charge is -2.32. The van der Waals surface area contributed by atoms with Gasteiger partial charge in [0.1, 0.15) is 17.5 Å². The van der Waals surface area contributed by atoms with E-state index in [1.54, 1.807) is 11.1 Å². The molecule has 0 unspecified atom stereocenters. The fraction of sp³-hybridized carbons (Fsp3) is 0.357. The van der Waals surface area contributed by atoms with E-state index >= 15 is 0 Å². The molecule has 8 heteroatoms. The molecule has 0 radical (unpaired) electrons. The predicted molar refractivity (Wildman–Crippen MR) is 134 cm³/mol. The Morgan fingerprint density at radius 1 is 1.11 bits per heavy atom. The molecule has 1 aliphatic rings. The first-order valence-electron chi connectivity index (χ1n) is 12.1. The maximum atomic E-state index is 14.0. The van der Waals surface area contributed by atoms with Gasteiger partial charge in [-0.25, -0.2) is 18.7 Å². The van der Waals surface area contributed by atoms with Gasteiger partial charge in [-0.05, 0) is 69.9 Å². The van der Waals surface area contributed by atoms with E-state index in [1.807, 2.05) is 45.9 Å². The molecule has 2 aromatic carbocycles. The minimum Gasteiger partial charge on any atom is -0.356 e. The first kappa shape index (κ1) is 25.4. The Labute approximate surface area is 210 Å². The summed E-state index contributed by atoms with van der Waals surface area (Å²) < 4.78 is 28.0. The molecule has 36 heavy (non-hydrogen) atoms. The molecule has 188 valence electrons. The van der Waals surface area contributed by atoms with Crippen LogP contribution >= 0.6 is 0 Å². The van der Waals surface area contributed by atoms with Crippen LogP contribution in [0.2, 0.25) is 0 Å². The van der Waals surface area contributed by atoms with Crippen molar-refractivity contribution in [3.8, 4) is 5.75 Å². The van der Waals surface area contributed by atoms with Crippen LogP contribution in [0.25, 0.3) is 0 Å². The number of aromatic nitrogens is 2. The van der Waals surface area contributed by atoms with Crippen LogP contribution < -0.4 is 4.84 Å². The summed E-state index contributed by atoms with van der Waals surface area (Å²) in [7, 11) is 0. The van der Waals surface area contributed by atoms with Crippen molar-refractivity contribution in [2.45, 2.75) is 52.9 Å². The summed E-state index contributed by atoms with van der Waals surface area (Å²) in [5.74, 6) is -0.222. The van der Waals surface area contributed by atoms with Gasteiger partial charge in [-0.3, -0.25) is 4.79 Å². The van der Waals surface area contributed by atoms with E-state index in [0.717, 1.165) is 22.4 Å². The molecule has 0 N–H and O–H groups in total. The maximum absolute atomic E-state index is 14.0. The monoisotopic (exact) mass is 492 g/mol. The Hall–Kier alpha value is -3.68. The Balaban J connectivity index is 1.46. The molecule has 1 aromatic heterocycles. The maximum Gasteiger partial charge on any atom is 0.227 e. The summed E-state index contributed by atoms with van der Waals surface area (Å²) >= 11 is 0. The lowest BCUT2D eigenvalue weighted by atomic mass is 9.89. The second-order valence-corrected chi connectivity index (χ2v) is 9.29. The molecule has 0 atom stereocenters. The number of aryl methyl sites for hydroxylation is 3. The molecule has 1 aliphatic heterocycles. The van der Waals surface area contributed by atoms with E-state index in [1.165, 1.54) is 18.2 Å². The first-order valence-corrected chi connectivity index (χ1v) is 12.1. The van der Waals surface area contributed by atoms with E-state index in [0.29, 0.717) is 43.2 Å². The minimum atomic E-state index is -0.697. The zero-order valence-corrected chi connectivity index (χ0v) is 21.0. The number of hydrogen-bond acceptors (Lipinski definition) is 5. The Morgan fingerprint density at radius 3 is 2.50 bits per heavy atom. The fourth-order valence-electron chi connectivity index (χ4n) is 4.42. The van der Waals surface area contributed by atoms with Crippen molar-refractivity contribution in [1.29, 1.82) is 0 Å². The van der Waals surface area contributed by atoms with E-state index in [-0.39, 0.29) is 23.8 Å². The molecule has 0 aliphatic carbocycles. The minimum absolute atomic E-state index is 0.0989. The summed E-state index contributed by atoms with van der Waals surface area (Å²) in [4.78, 5) is 29.2. The zero-order chi connectivity index (χ0) is 25.8. The van der Waals surface area contributed by atoms with Crippen molar-refractivity contribution in [3.05, 3.63) is 88.0 Å². The number of carbonyl (C=O) groups excluding carboxylic acids is 1. The molecule has 6 nitrogen and oxygen atoms in total. The number of likely N-dealkylation sites (tertiary alicyclic amines) is 1. The van der Waals surface area contributed by atoms with Gasteiger partial charge >= 0.3 is 0 Å². The summed E-state index contributed by atoms with van der Waals surface area (Å²) in [5.41, 5.74) is 4.24. The Bertz CT molecular complexity index is 1280. The van der Waals surface area contributed by atoms with Crippen LogP contribution in [0.1, 0.15) is 59.5 Å². The van der Waals surface area contributed by atoms with Crippen LogP contribution in [-0.4, -0.2) is 39.6 Å². The number of halogens is 2. The fourth-order valence-corrected chi connectivity index (χ4v) is 4.42. The van der Waals surface area contributed by atoms with Gasteiger partial charge < -0.3 is 9.74 Å². The highest BCUT2D eigenvalue weighted by molar-refractivity contribution is 5.99. The van der Waals surface area contributed by atoms with Crippen molar-refractivity contribution in [2.75, 3.05) is 13.1 Å². The summed E-state index contributed by atoms with van der Waals surface area (Å²) in [6.45, 7) is 8.64. The summed E-state index contributed by atoms with van der Waals surface area (Å²) in [6, 6.07) is 9.60. The van der Waals surface area contributed by atoms with Gasteiger partial charge in [0, 0.05) is 36.3 Å². The standard InChI is InChI=1S/C28H30F2N4O2/c1-17-8-9-18(2)26(14-17)36-33-19(3)23-16-31-20(4)32-28(23)21-10-12-34(13-11-21)27(35)15-22-24(29)6-5-7-25(22)30/h5-9,14,16,21H,10-13,15H2,1-4H3/b33-19+. The first-order chi connectivity index (χ1) is 17.2. The van der Waals surface area contributed by atoms with Crippen LogP contribution in [0.4, 0.5) is 8.78 Å². The number of amides is 1. The molecule has 0 spiro atoms. The lowest BCUT2D eigenvalue weighted by molar-refractivity contribution is -0.131. The average Bonchev–Trinajstić information content (AvgIpc) is 2.86. The molecular formula is C28H30F2N4O2. The van der Waals surface area contributed by atoms with Gasteiger partial charge in [0.25, 0.3) is 0 Å². The predicted octanol–water partition coefficient (Wildman–Crippen LogP) is 5.43. The topological polar surface area (TPSA) is 67.7 Å². The third-order valence-electron chi connectivity index (χ3n) is 6.58. The quantitative estimate of drug-likeness (QED) is 0.340. The van der Waals surface area contributed by atoms with Gasteiger partial charge in [-0.15, -0.1) is 0 Å². The normalized spacial score (nSPS) is 14.7. The summed E-state index contributed by atoms with van der Waals surface area (Å²) in [6.07, 6.45) is 2.84. The van der Waals surface area contributed by atoms with Gasteiger partial charge in [-0.1, -0.05) is 23.4 Å². The largest absolute Gasteiger partial charge is 0.356 e. The van der Waals surface area contributed by atoms with Crippen molar-refractivity contribution in [1.82, 2.24) is 14.9 Å². The molecule has 1 saturated heterocycles. The summed E-state index contributed by atoms with van der Waals surface area (Å²) in [5, 5.41) is 4.36. The van der Waals surface area contributed by atoms with Crippen molar-refractivity contribution < 1.29 is 18.4 Å². The molecule has 4 rings (SSSR count). The molecule has 3 aromatic rings. The van der Waals surface area contributed by atoms with Crippen LogP contribution in [0.5, 0.6) is 5.75 Å². The zero-order valence-electron chi connectivity index (χ0n) is 21.0. The molecule has 1 fully saturated rings. The van der Waals surface area contributed by atoms with Crippen LogP contribution in [0.3, 0.4) is 0 Å². The number of oxime groups is 1. The number of piperidine rings is 1. The highest BCUT2D eigenvalue weighted by Gasteiger charge is 2.28. The molecule has 2 heterocycles. The Kier molecular flexibility index (Phi) is 7.72. The lowest BCUT2D eigenvalue weighted by Crippen LogP contribution is -2.39. The number of hydrogen-bond donors (Lipinski definition) is 0. The molecule has 0 saturated carbocycles. The molecule has 0 bridgehead atoms.